The lowest BCUT2D eigenvalue weighted by Crippen LogP contribution is -2.34. The normalized spacial score (nSPS) is 15.3. The summed E-state index contributed by atoms with van der Waals surface area (Å²) in [5.74, 6) is 0.973. The molecule has 7 nitrogen and oxygen atoms in total. The first-order chi connectivity index (χ1) is 13.7. The van der Waals surface area contributed by atoms with Crippen molar-refractivity contribution in [1.82, 2.24) is 24.9 Å². The van der Waals surface area contributed by atoms with Crippen molar-refractivity contribution in [3.8, 4) is 17.0 Å². The average Bonchev–Trinajstić information content (AvgIpc) is 3.16. The van der Waals surface area contributed by atoms with E-state index >= 15 is 0 Å². The van der Waals surface area contributed by atoms with Gasteiger partial charge in [0, 0.05) is 22.7 Å². The van der Waals surface area contributed by atoms with Gasteiger partial charge in [-0.2, -0.15) is 14.6 Å². The van der Waals surface area contributed by atoms with Crippen LogP contribution in [0.4, 0.5) is 5.82 Å². The number of nitrogen functional groups attached to an aromatic ring is 1. The maximum absolute atomic E-state index is 6.31. The molecule has 142 valence electrons. The van der Waals surface area contributed by atoms with Crippen molar-refractivity contribution in [3.63, 3.8) is 0 Å². The lowest BCUT2D eigenvalue weighted by atomic mass is 10.1. The van der Waals surface area contributed by atoms with Gasteiger partial charge in [-0.15, -0.1) is 0 Å². The second-order valence-electron chi connectivity index (χ2n) is 6.89. The minimum atomic E-state index is 0.126. The van der Waals surface area contributed by atoms with Crippen LogP contribution in [0.2, 0.25) is 0 Å². The van der Waals surface area contributed by atoms with Crippen LogP contribution < -0.4 is 15.8 Å². The molecule has 4 aromatic rings. The predicted molar refractivity (Wildman–Crippen MR) is 112 cm³/mol. The number of benzene rings is 1. The minimum absolute atomic E-state index is 0.126. The van der Waals surface area contributed by atoms with E-state index in [1.165, 1.54) is 0 Å². The van der Waals surface area contributed by atoms with Crippen molar-refractivity contribution in [2.45, 2.75) is 18.9 Å². The average molecular weight is 439 g/mol. The van der Waals surface area contributed by atoms with Crippen LogP contribution in [0.1, 0.15) is 12.8 Å². The SMILES string of the molecule is Nc1c(Br)c(OC2CCNCC2)nc2c(-c3cnc4ccccc4c3)cnn12. The van der Waals surface area contributed by atoms with Gasteiger partial charge in [0.2, 0.25) is 5.88 Å². The van der Waals surface area contributed by atoms with E-state index in [0.29, 0.717) is 21.8 Å². The summed E-state index contributed by atoms with van der Waals surface area (Å²) < 4.78 is 8.43. The second-order valence-corrected chi connectivity index (χ2v) is 7.69. The number of hydrogen-bond donors (Lipinski definition) is 2. The Labute approximate surface area is 170 Å². The maximum Gasteiger partial charge on any atom is 0.234 e. The number of piperidine rings is 1. The first-order valence-electron chi connectivity index (χ1n) is 9.26. The summed E-state index contributed by atoms with van der Waals surface area (Å²) in [5.41, 5.74) is 9.73. The quantitative estimate of drug-likeness (QED) is 0.509. The molecule has 0 unspecified atom stereocenters. The molecule has 5 rings (SSSR count). The molecule has 3 aromatic heterocycles. The number of fused-ring (bicyclic) bond motifs is 2. The third-order valence-corrected chi connectivity index (χ3v) is 5.80. The van der Waals surface area contributed by atoms with Crippen LogP contribution in [0, 0.1) is 0 Å². The molecule has 0 saturated carbocycles. The van der Waals surface area contributed by atoms with Crippen LogP contribution in [-0.2, 0) is 0 Å². The Balaban J connectivity index is 1.61. The summed E-state index contributed by atoms with van der Waals surface area (Å²) in [5, 5.41) is 8.83. The number of anilines is 1. The fourth-order valence-electron chi connectivity index (χ4n) is 3.54. The Bertz CT molecular complexity index is 1170. The Morgan fingerprint density at radius 1 is 1.18 bits per heavy atom. The van der Waals surface area contributed by atoms with Crippen LogP contribution in [0.5, 0.6) is 5.88 Å². The number of halogens is 1. The summed E-state index contributed by atoms with van der Waals surface area (Å²) in [7, 11) is 0. The van der Waals surface area contributed by atoms with Crippen LogP contribution >= 0.6 is 15.9 Å². The molecule has 1 fully saturated rings. The van der Waals surface area contributed by atoms with Crippen LogP contribution in [0.15, 0.2) is 47.2 Å². The summed E-state index contributed by atoms with van der Waals surface area (Å²) in [6, 6.07) is 10.1. The molecule has 1 aliphatic rings. The number of hydrogen-bond acceptors (Lipinski definition) is 6. The van der Waals surface area contributed by atoms with Gasteiger partial charge in [0.25, 0.3) is 0 Å². The van der Waals surface area contributed by atoms with Crippen molar-refractivity contribution in [2.75, 3.05) is 18.8 Å². The van der Waals surface area contributed by atoms with E-state index in [2.05, 4.69) is 37.4 Å². The van der Waals surface area contributed by atoms with E-state index in [1.54, 1.807) is 10.7 Å². The zero-order chi connectivity index (χ0) is 19.1. The van der Waals surface area contributed by atoms with Crippen molar-refractivity contribution in [1.29, 1.82) is 0 Å². The van der Waals surface area contributed by atoms with Crippen LogP contribution in [0.25, 0.3) is 27.7 Å². The molecular formula is C20H19BrN6O. The predicted octanol–water partition coefficient (Wildman–Crippen LogP) is 3.42. The molecule has 1 saturated heterocycles. The Kier molecular flexibility index (Phi) is 4.37. The van der Waals surface area contributed by atoms with Crippen molar-refractivity contribution < 1.29 is 4.74 Å². The molecular weight excluding hydrogens is 420 g/mol. The lowest BCUT2D eigenvalue weighted by molar-refractivity contribution is 0.155. The highest BCUT2D eigenvalue weighted by molar-refractivity contribution is 9.10. The van der Waals surface area contributed by atoms with Crippen molar-refractivity contribution >= 4 is 38.3 Å². The van der Waals surface area contributed by atoms with Crippen molar-refractivity contribution in [2.24, 2.45) is 0 Å². The van der Waals surface area contributed by atoms with Crippen LogP contribution in [-0.4, -0.2) is 38.8 Å². The molecule has 0 bridgehead atoms. The Morgan fingerprint density at radius 2 is 2.00 bits per heavy atom. The number of rotatable bonds is 3. The molecule has 1 aliphatic heterocycles. The molecule has 0 aliphatic carbocycles. The summed E-state index contributed by atoms with van der Waals surface area (Å²) in [6.07, 6.45) is 5.62. The molecule has 1 aromatic carbocycles. The first kappa shape index (κ1) is 17.4. The molecule has 28 heavy (non-hydrogen) atoms. The van der Waals surface area contributed by atoms with Crippen molar-refractivity contribution in [3.05, 3.63) is 47.2 Å². The highest BCUT2D eigenvalue weighted by Crippen LogP contribution is 2.34. The van der Waals surface area contributed by atoms with Gasteiger partial charge in [-0.25, -0.2) is 0 Å². The number of nitrogens with zero attached hydrogens (tertiary/aromatic N) is 4. The van der Waals surface area contributed by atoms with Gasteiger partial charge in [-0.1, -0.05) is 18.2 Å². The molecule has 3 N–H and O–H groups in total. The zero-order valence-electron chi connectivity index (χ0n) is 15.1. The largest absolute Gasteiger partial charge is 0.473 e. The molecule has 0 amide bonds. The van der Waals surface area contributed by atoms with Gasteiger partial charge < -0.3 is 15.8 Å². The van der Waals surface area contributed by atoms with Gasteiger partial charge >= 0.3 is 0 Å². The van der Waals surface area contributed by atoms with E-state index < -0.39 is 0 Å². The summed E-state index contributed by atoms with van der Waals surface area (Å²) in [6.45, 7) is 1.89. The van der Waals surface area contributed by atoms with E-state index in [1.807, 2.05) is 30.5 Å². The second kappa shape index (κ2) is 7.03. The number of ether oxygens (including phenoxy) is 1. The number of para-hydroxylation sites is 1. The molecule has 4 heterocycles. The Morgan fingerprint density at radius 3 is 2.86 bits per heavy atom. The maximum atomic E-state index is 6.31. The zero-order valence-corrected chi connectivity index (χ0v) is 16.7. The van der Waals surface area contributed by atoms with Gasteiger partial charge in [0.15, 0.2) is 5.65 Å². The fourth-order valence-corrected chi connectivity index (χ4v) is 3.89. The molecule has 0 atom stereocenters. The minimum Gasteiger partial charge on any atom is -0.473 e. The van der Waals surface area contributed by atoms with Gasteiger partial charge in [0.05, 0.1) is 11.7 Å². The standard InChI is InChI=1S/C20H19BrN6O/c21-17-18(22)27-19(26-20(17)28-14-5-7-23-8-6-14)15(11-25-27)13-9-12-3-1-2-4-16(12)24-10-13/h1-4,9-11,14,23H,5-8,22H2. The number of aromatic nitrogens is 4. The lowest BCUT2D eigenvalue weighted by Gasteiger charge is -2.24. The van der Waals surface area contributed by atoms with E-state index in [4.69, 9.17) is 15.5 Å². The topological polar surface area (TPSA) is 90.4 Å². The van der Waals surface area contributed by atoms with E-state index in [0.717, 1.165) is 48.0 Å². The number of nitrogens with two attached hydrogens (primary N) is 1. The summed E-state index contributed by atoms with van der Waals surface area (Å²) in [4.78, 5) is 9.31. The van der Waals surface area contributed by atoms with Gasteiger partial charge in [-0.3, -0.25) is 4.98 Å². The number of pyridine rings is 1. The molecule has 8 heteroatoms. The summed E-state index contributed by atoms with van der Waals surface area (Å²) >= 11 is 3.52. The highest BCUT2D eigenvalue weighted by Gasteiger charge is 2.21. The third kappa shape index (κ3) is 2.98. The molecule has 0 radical (unpaired) electrons. The number of nitrogens with one attached hydrogen (secondary N) is 1. The highest BCUT2D eigenvalue weighted by atomic mass is 79.9. The van der Waals surface area contributed by atoms with E-state index in [9.17, 15) is 0 Å². The fraction of sp³-hybridized carbons (Fsp3) is 0.250. The third-order valence-electron chi connectivity index (χ3n) is 5.06. The Hall–Kier alpha value is -2.71. The van der Waals surface area contributed by atoms with Gasteiger partial charge in [0.1, 0.15) is 16.4 Å². The van der Waals surface area contributed by atoms with Gasteiger partial charge in [-0.05, 0) is 54.0 Å². The van der Waals surface area contributed by atoms with Crippen LogP contribution in [0.3, 0.4) is 0 Å². The molecule has 0 spiro atoms. The van der Waals surface area contributed by atoms with E-state index in [-0.39, 0.29) is 6.10 Å². The smallest absolute Gasteiger partial charge is 0.234 e. The first-order valence-corrected chi connectivity index (χ1v) is 10.1. The monoisotopic (exact) mass is 438 g/mol.